The number of hydrogen-bond acceptors (Lipinski definition) is 3. The molecule has 4 nitrogen and oxygen atoms in total. The summed E-state index contributed by atoms with van der Waals surface area (Å²) in [5.74, 6) is -0.433. The number of esters is 1. The Kier molecular flexibility index (Phi) is 27.2. The number of carboxylic acids is 1. The van der Waals surface area contributed by atoms with Gasteiger partial charge >= 0.3 is 11.9 Å². The molecule has 0 rings (SSSR count). The van der Waals surface area contributed by atoms with Gasteiger partial charge in [0, 0.05) is 12.8 Å². The minimum Gasteiger partial charge on any atom is -0.481 e. The van der Waals surface area contributed by atoms with Gasteiger partial charge < -0.3 is 9.84 Å². The Hall–Kier alpha value is -1.06. The van der Waals surface area contributed by atoms with Gasteiger partial charge in [-0.15, -0.1) is 0 Å². The lowest BCUT2D eigenvalue weighted by atomic mass is 9.87. The quantitative estimate of drug-likeness (QED) is 0.0780. The number of aliphatic carboxylic acids is 1. The molecule has 0 aromatic heterocycles. The van der Waals surface area contributed by atoms with E-state index in [1.807, 2.05) is 0 Å². The van der Waals surface area contributed by atoms with Crippen molar-refractivity contribution >= 4 is 11.9 Å². The first-order valence-electron chi connectivity index (χ1n) is 16.5. The minimum atomic E-state index is -0.789. The summed E-state index contributed by atoms with van der Waals surface area (Å²) in [5.41, 5.74) is 0. The van der Waals surface area contributed by atoms with Crippen LogP contribution in [0.4, 0.5) is 0 Å². The van der Waals surface area contributed by atoms with Crippen LogP contribution >= 0.6 is 0 Å². The summed E-state index contributed by atoms with van der Waals surface area (Å²) in [6, 6.07) is 0. The lowest BCUT2D eigenvalue weighted by Crippen LogP contribution is -2.27. The van der Waals surface area contributed by atoms with Crippen LogP contribution in [0, 0.1) is 5.92 Å². The van der Waals surface area contributed by atoms with Crippen molar-refractivity contribution in [3.05, 3.63) is 0 Å². The number of unbranched alkanes of at least 4 members (excludes halogenated alkanes) is 17. The molecular formula is C33H64O4. The fourth-order valence-corrected chi connectivity index (χ4v) is 5.36. The first-order chi connectivity index (χ1) is 18.0. The van der Waals surface area contributed by atoms with E-state index >= 15 is 0 Å². The fraction of sp³-hybridized carbons (Fsp3) is 0.939. The van der Waals surface area contributed by atoms with Gasteiger partial charge in [-0.05, 0) is 44.4 Å². The molecule has 2 atom stereocenters. The van der Waals surface area contributed by atoms with Gasteiger partial charge in [-0.25, -0.2) is 0 Å². The van der Waals surface area contributed by atoms with Crippen LogP contribution in [0.3, 0.4) is 0 Å². The molecule has 1 N–H and O–H groups in total. The molecule has 220 valence electrons. The number of carbonyl (C=O) groups excluding carboxylic acids is 1. The average Bonchev–Trinajstić information content (AvgIpc) is 2.88. The molecule has 0 aromatic carbocycles. The van der Waals surface area contributed by atoms with Gasteiger partial charge in [0.25, 0.3) is 0 Å². The first-order valence-corrected chi connectivity index (χ1v) is 16.5. The monoisotopic (exact) mass is 524 g/mol. The van der Waals surface area contributed by atoms with Crippen LogP contribution < -0.4 is 0 Å². The Bertz CT molecular complexity index is 505. The molecule has 0 aliphatic heterocycles. The Balaban J connectivity index is 4.88. The molecule has 2 unspecified atom stereocenters. The second-order valence-corrected chi connectivity index (χ2v) is 11.4. The van der Waals surface area contributed by atoms with Gasteiger partial charge in [-0.1, -0.05) is 136 Å². The number of ether oxygens (including phenoxy) is 1. The standard InChI is InChI=1S/C33H64O4/c1-4-7-10-13-15-16-19-22-27-31(37-33(36)29-24-23-28-32(34)35)30(25-20-17-12-9-6-3)26-21-18-14-11-8-5-2/h30-31H,4-29H2,1-3H3,(H,34,35). The third-order valence-corrected chi connectivity index (χ3v) is 7.78. The Labute approximate surface area is 231 Å². The fourth-order valence-electron chi connectivity index (χ4n) is 5.36. The predicted octanol–water partition coefficient (Wildman–Crippen LogP) is 10.8. The molecule has 0 aromatic rings. The molecule has 0 heterocycles. The highest BCUT2D eigenvalue weighted by atomic mass is 16.5. The smallest absolute Gasteiger partial charge is 0.306 e. The van der Waals surface area contributed by atoms with Gasteiger partial charge in [0.05, 0.1) is 0 Å². The summed E-state index contributed by atoms with van der Waals surface area (Å²) in [6.07, 6.45) is 29.6. The van der Waals surface area contributed by atoms with Gasteiger partial charge in [0.2, 0.25) is 0 Å². The SMILES string of the molecule is CCCCCCCCCCC(OC(=O)CCCCC(=O)O)C(CCCCCCC)CCCCCCCC. The summed E-state index contributed by atoms with van der Waals surface area (Å²) >= 11 is 0. The summed E-state index contributed by atoms with van der Waals surface area (Å²) in [5, 5.41) is 8.87. The van der Waals surface area contributed by atoms with Crippen molar-refractivity contribution in [2.75, 3.05) is 0 Å². The minimum absolute atomic E-state index is 0.0360. The summed E-state index contributed by atoms with van der Waals surface area (Å²) in [7, 11) is 0. The van der Waals surface area contributed by atoms with E-state index in [9.17, 15) is 9.59 Å². The highest BCUT2D eigenvalue weighted by Gasteiger charge is 2.24. The number of carboxylic acid groups (broad SMARTS) is 1. The lowest BCUT2D eigenvalue weighted by molar-refractivity contribution is -0.153. The van der Waals surface area contributed by atoms with E-state index in [1.54, 1.807) is 0 Å². The number of rotatable bonds is 29. The molecule has 37 heavy (non-hydrogen) atoms. The normalized spacial score (nSPS) is 12.9. The maximum atomic E-state index is 12.7. The van der Waals surface area contributed by atoms with E-state index in [0.717, 1.165) is 12.8 Å². The van der Waals surface area contributed by atoms with Gasteiger partial charge in [0.15, 0.2) is 0 Å². The summed E-state index contributed by atoms with van der Waals surface area (Å²) < 4.78 is 6.17. The number of hydrogen-bond donors (Lipinski definition) is 1. The van der Waals surface area contributed by atoms with Crippen LogP contribution in [-0.2, 0) is 14.3 Å². The molecule has 4 heteroatoms. The third kappa shape index (κ3) is 25.0. The Morgan fingerprint density at radius 1 is 0.514 bits per heavy atom. The molecule has 0 aliphatic rings. The van der Waals surface area contributed by atoms with Crippen LogP contribution in [0.1, 0.15) is 188 Å². The second kappa shape index (κ2) is 28.0. The maximum Gasteiger partial charge on any atom is 0.306 e. The summed E-state index contributed by atoms with van der Waals surface area (Å²) in [6.45, 7) is 6.79. The third-order valence-electron chi connectivity index (χ3n) is 7.78. The van der Waals surface area contributed by atoms with Crippen LogP contribution in [-0.4, -0.2) is 23.1 Å². The Morgan fingerprint density at radius 2 is 0.892 bits per heavy atom. The highest BCUT2D eigenvalue weighted by Crippen LogP contribution is 2.28. The van der Waals surface area contributed by atoms with Crippen molar-refractivity contribution in [1.82, 2.24) is 0 Å². The van der Waals surface area contributed by atoms with Crippen LogP contribution in [0.5, 0.6) is 0 Å². The number of carbonyl (C=O) groups is 2. The van der Waals surface area contributed by atoms with Crippen molar-refractivity contribution in [3.8, 4) is 0 Å². The first kappa shape index (κ1) is 35.9. The molecule has 0 radical (unpaired) electrons. The van der Waals surface area contributed by atoms with Gasteiger partial charge in [-0.3, -0.25) is 9.59 Å². The second-order valence-electron chi connectivity index (χ2n) is 11.4. The van der Waals surface area contributed by atoms with E-state index in [0.29, 0.717) is 25.2 Å². The van der Waals surface area contributed by atoms with Gasteiger partial charge in [0.1, 0.15) is 6.10 Å². The molecule has 0 aliphatic carbocycles. The van der Waals surface area contributed by atoms with E-state index < -0.39 is 5.97 Å². The van der Waals surface area contributed by atoms with E-state index in [4.69, 9.17) is 9.84 Å². The van der Waals surface area contributed by atoms with Crippen molar-refractivity contribution in [3.63, 3.8) is 0 Å². The van der Waals surface area contributed by atoms with Crippen LogP contribution in [0.25, 0.3) is 0 Å². The average molecular weight is 525 g/mol. The van der Waals surface area contributed by atoms with Crippen LogP contribution in [0.2, 0.25) is 0 Å². The zero-order chi connectivity index (χ0) is 27.4. The predicted molar refractivity (Wildman–Crippen MR) is 158 cm³/mol. The zero-order valence-corrected chi connectivity index (χ0v) is 25.2. The molecule has 0 saturated carbocycles. The molecule has 0 bridgehead atoms. The van der Waals surface area contributed by atoms with Gasteiger partial charge in [-0.2, -0.15) is 0 Å². The molecular weight excluding hydrogens is 460 g/mol. The van der Waals surface area contributed by atoms with E-state index in [2.05, 4.69) is 20.8 Å². The van der Waals surface area contributed by atoms with E-state index in [1.165, 1.54) is 128 Å². The largest absolute Gasteiger partial charge is 0.481 e. The topological polar surface area (TPSA) is 63.6 Å². The van der Waals surface area contributed by atoms with E-state index in [-0.39, 0.29) is 18.5 Å². The zero-order valence-electron chi connectivity index (χ0n) is 25.2. The van der Waals surface area contributed by atoms with Crippen molar-refractivity contribution < 1.29 is 19.4 Å². The maximum absolute atomic E-state index is 12.7. The molecule has 0 fully saturated rings. The lowest BCUT2D eigenvalue weighted by Gasteiger charge is -2.28. The molecule has 0 saturated heterocycles. The molecule has 0 spiro atoms. The Morgan fingerprint density at radius 3 is 1.32 bits per heavy atom. The summed E-state index contributed by atoms with van der Waals surface area (Å²) in [4.78, 5) is 23.5. The van der Waals surface area contributed by atoms with Crippen molar-refractivity contribution in [1.29, 1.82) is 0 Å². The molecule has 0 amide bonds. The highest BCUT2D eigenvalue weighted by molar-refractivity contribution is 5.70. The van der Waals surface area contributed by atoms with Crippen LogP contribution in [0.15, 0.2) is 0 Å². The van der Waals surface area contributed by atoms with Crippen molar-refractivity contribution in [2.24, 2.45) is 5.92 Å². The van der Waals surface area contributed by atoms with Crippen molar-refractivity contribution in [2.45, 2.75) is 194 Å².